The van der Waals surface area contributed by atoms with Crippen molar-refractivity contribution in [2.45, 2.75) is 11.8 Å². The maximum Gasteiger partial charge on any atom is 0.261 e. The van der Waals surface area contributed by atoms with Crippen LogP contribution >= 0.6 is 34.8 Å². The Labute approximate surface area is 132 Å². The van der Waals surface area contributed by atoms with Crippen LogP contribution in [0.1, 0.15) is 5.56 Å². The van der Waals surface area contributed by atoms with E-state index in [0.717, 1.165) is 5.56 Å². The minimum atomic E-state index is -3.75. The summed E-state index contributed by atoms with van der Waals surface area (Å²) in [6.45, 7) is 1.87. The topological polar surface area (TPSA) is 46.2 Å². The third kappa shape index (κ3) is 3.38. The van der Waals surface area contributed by atoms with Crippen molar-refractivity contribution in [3.63, 3.8) is 0 Å². The summed E-state index contributed by atoms with van der Waals surface area (Å²) in [5.74, 6) is 0. The number of rotatable bonds is 3. The van der Waals surface area contributed by atoms with Crippen LogP contribution in [0.3, 0.4) is 0 Å². The quantitative estimate of drug-likeness (QED) is 0.867. The van der Waals surface area contributed by atoms with Crippen molar-refractivity contribution in [1.29, 1.82) is 0 Å². The van der Waals surface area contributed by atoms with Gasteiger partial charge in [0.25, 0.3) is 10.0 Å². The van der Waals surface area contributed by atoms with E-state index in [1.807, 2.05) is 6.92 Å². The molecular formula is C13H10Cl3NO2S. The van der Waals surface area contributed by atoms with Gasteiger partial charge in [0, 0.05) is 5.02 Å². The van der Waals surface area contributed by atoms with Crippen LogP contribution in [0.5, 0.6) is 0 Å². The van der Waals surface area contributed by atoms with E-state index >= 15 is 0 Å². The Morgan fingerprint density at radius 2 is 1.45 bits per heavy atom. The maximum absolute atomic E-state index is 12.2. The molecule has 0 atom stereocenters. The Kier molecular flexibility index (Phi) is 4.49. The third-order valence-corrected chi connectivity index (χ3v) is 4.75. The first-order valence-electron chi connectivity index (χ1n) is 5.53. The number of anilines is 1. The van der Waals surface area contributed by atoms with E-state index in [4.69, 9.17) is 34.8 Å². The normalized spacial score (nSPS) is 11.4. The lowest BCUT2D eigenvalue weighted by molar-refractivity contribution is 0.601. The Morgan fingerprint density at radius 3 is 1.95 bits per heavy atom. The molecule has 0 unspecified atom stereocenters. The zero-order chi connectivity index (χ0) is 14.9. The summed E-state index contributed by atoms with van der Waals surface area (Å²) in [4.78, 5) is 0.130. The van der Waals surface area contributed by atoms with Gasteiger partial charge in [-0.2, -0.15) is 0 Å². The van der Waals surface area contributed by atoms with E-state index < -0.39 is 10.0 Å². The van der Waals surface area contributed by atoms with E-state index in [2.05, 4.69) is 4.72 Å². The molecule has 20 heavy (non-hydrogen) atoms. The molecule has 1 N–H and O–H groups in total. The van der Waals surface area contributed by atoms with Gasteiger partial charge in [-0.15, -0.1) is 0 Å². The Bertz CT molecular complexity index is 720. The van der Waals surface area contributed by atoms with Crippen molar-refractivity contribution in [2.75, 3.05) is 4.72 Å². The van der Waals surface area contributed by atoms with Gasteiger partial charge in [0.2, 0.25) is 0 Å². The van der Waals surface area contributed by atoms with Crippen molar-refractivity contribution >= 4 is 50.5 Å². The molecule has 0 spiro atoms. The molecule has 0 saturated heterocycles. The standard InChI is InChI=1S/C13H10Cl3NO2S/c1-8-2-4-10(5-3-8)20(18,19)17-13-11(15)6-9(14)7-12(13)16/h2-7,17H,1H3. The van der Waals surface area contributed by atoms with E-state index in [9.17, 15) is 8.42 Å². The molecule has 0 bridgehead atoms. The van der Waals surface area contributed by atoms with Crippen molar-refractivity contribution < 1.29 is 8.42 Å². The lowest BCUT2D eigenvalue weighted by atomic mass is 10.2. The van der Waals surface area contributed by atoms with Crippen LogP contribution in [-0.2, 0) is 10.0 Å². The molecule has 7 heteroatoms. The van der Waals surface area contributed by atoms with Crippen LogP contribution in [0, 0.1) is 6.92 Å². The van der Waals surface area contributed by atoms with Crippen LogP contribution in [-0.4, -0.2) is 8.42 Å². The van der Waals surface area contributed by atoms with Gasteiger partial charge in [-0.05, 0) is 31.2 Å². The summed E-state index contributed by atoms with van der Waals surface area (Å²) in [6.07, 6.45) is 0. The Balaban J connectivity index is 2.41. The van der Waals surface area contributed by atoms with Gasteiger partial charge in [0.05, 0.1) is 20.6 Å². The molecule has 0 saturated carbocycles. The smallest absolute Gasteiger partial charge is 0.261 e. The summed E-state index contributed by atoms with van der Waals surface area (Å²) >= 11 is 17.7. The van der Waals surface area contributed by atoms with Crippen LogP contribution in [0.15, 0.2) is 41.3 Å². The molecule has 0 aliphatic heterocycles. The monoisotopic (exact) mass is 349 g/mol. The molecule has 0 aliphatic rings. The van der Waals surface area contributed by atoms with E-state index in [1.165, 1.54) is 24.3 Å². The predicted octanol–water partition coefficient (Wildman–Crippen LogP) is 4.76. The zero-order valence-electron chi connectivity index (χ0n) is 10.3. The average molecular weight is 351 g/mol. The minimum absolute atomic E-state index is 0.110. The molecule has 106 valence electrons. The van der Waals surface area contributed by atoms with E-state index in [-0.39, 0.29) is 20.6 Å². The Hall–Kier alpha value is -0.940. The first kappa shape index (κ1) is 15.4. The molecule has 0 fully saturated rings. The van der Waals surface area contributed by atoms with E-state index in [0.29, 0.717) is 5.02 Å². The minimum Gasteiger partial charge on any atom is -0.277 e. The second kappa shape index (κ2) is 5.82. The molecule has 2 aromatic rings. The fourth-order valence-electron chi connectivity index (χ4n) is 1.55. The number of nitrogens with one attached hydrogen (secondary N) is 1. The van der Waals surface area contributed by atoms with E-state index in [1.54, 1.807) is 12.1 Å². The van der Waals surface area contributed by atoms with Crippen molar-refractivity contribution in [3.05, 3.63) is 57.0 Å². The zero-order valence-corrected chi connectivity index (χ0v) is 13.4. The van der Waals surface area contributed by atoms with Crippen molar-refractivity contribution in [3.8, 4) is 0 Å². The van der Waals surface area contributed by atoms with Gasteiger partial charge in [-0.25, -0.2) is 8.42 Å². The molecule has 2 rings (SSSR count). The summed E-state index contributed by atoms with van der Waals surface area (Å²) in [5.41, 5.74) is 1.07. The SMILES string of the molecule is Cc1ccc(S(=O)(=O)Nc2c(Cl)cc(Cl)cc2Cl)cc1. The predicted molar refractivity (Wildman–Crippen MR) is 83.5 cm³/mol. The average Bonchev–Trinajstić information content (AvgIpc) is 2.34. The van der Waals surface area contributed by atoms with Crippen molar-refractivity contribution in [2.24, 2.45) is 0 Å². The highest BCUT2D eigenvalue weighted by Gasteiger charge is 2.18. The third-order valence-electron chi connectivity index (χ3n) is 2.57. The van der Waals surface area contributed by atoms with Gasteiger partial charge in [-0.1, -0.05) is 52.5 Å². The van der Waals surface area contributed by atoms with Gasteiger partial charge in [0.15, 0.2) is 0 Å². The lowest BCUT2D eigenvalue weighted by Crippen LogP contribution is -2.13. The van der Waals surface area contributed by atoms with Gasteiger partial charge in [-0.3, -0.25) is 4.72 Å². The number of sulfonamides is 1. The fourth-order valence-corrected chi connectivity index (χ4v) is 3.67. The maximum atomic E-state index is 12.2. The van der Waals surface area contributed by atoms with Crippen molar-refractivity contribution in [1.82, 2.24) is 0 Å². The molecule has 0 amide bonds. The second-order valence-corrected chi connectivity index (χ2v) is 7.10. The van der Waals surface area contributed by atoms with Gasteiger partial charge >= 0.3 is 0 Å². The highest BCUT2D eigenvalue weighted by molar-refractivity contribution is 7.92. The highest BCUT2D eigenvalue weighted by Crippen LogP contribution is 2.35. The van der Waals surface area contributed by atoms with Gasteiger partial charge in [0.1, 0.15) is 0 Å². The summed E-state index contributed by atoms with van der Waals surface area (Å²) in [7, 11) is -3.75. The number of hydrogen-bond acceptors (Lipinski definition) is 2. The Morgan fingerprint density at radius 1 is 0.950 bits per heavy atom. The van der Waals surface area contributed by atoms with Crippen LogP contribution in [0.2, 0.25) is 15.1 Å². The highest BCUT2D eigenvalue weighted by atomic mass is 35.5. The summed E-state index contributed by atoms with van der Waals surface area (Å²) < 4.78 is 26.8. The largest absolute Gasteiger partial charge is 0.277 e. The molecule has 0 aromatic heterocycles. The fraction of sp³-hybridized carbons (Fsp3) is 0.0769. The molecule has 0 heterocycles. The van der Waals surface area contributed by atoms with Crippen LogP contribution in [0.25, 0.3) is 0 Å². The van der Waals surface area contributed by atoms with Gasteiger partial charge < -0.3 is 0 Å². The first-order chi connectivity index (χ1) is 9.29. The molecule has 3 nitrogen and oxygen atoms in total. The number of halogens is 3. The van der Waals surface area contributed by atoms with Crippen LogP contribution < -0.4 is 4.72 Å². The summed E-state index contributed by atoms with van der Waals surface area (Å²) in [6, 6.07) is 9.27. The number of hydrogen-bond donors (Lipinski definition) is 1. The molecule has 2 aromatic carbocycles. The molecular weight excluding hydrogens is 341 g/mol. The first-order valence-corrected chi connectivity index (χ1v) is 8.15. The lowest BCUT2D eigenvalue weighted by Gasteiger charge is -2.12. The number of aryl methyl sites for hydroxylation is 1. The second-order valence-electron chi connectivity index (χ2n) is 4.16. The molecule has 0 aliphatic carbocycles. The molecule has 0 radical (unpaired) electrons. The number of benzene rings is 2. The summed E-state index contributed by atoms with van der Waals surface area (Å²) in [5, 5.41) is 0.606. The van der Waals surface area contributed by atoms with Crippen LogP contribution in [0.4, 0.5) is 5.69 Å².